The van der Waals surface area contributed by atoms with Crippen molar-refractivity contribution in [3.05, 3.63) is 69.8 Å². The van der Waals surface area contributed by atoms with Crippen LogP contribution in [0, 0.1) is 15.9 Å². The van der Waals surface area contributed by atoms with E-state index >= 15 is 0 Å². The monoisotopic (exact) mass is 484 g/mol. The van der Waals surface area contributed by atoms with Crippen LogP contribution in [0.4, 0.5) is 15.2 Å². The highest BCUT2D eigenvalue weighted by Crippen LogP contribution is 2.29. The topological polar surface area (TPSA) is 116 Å². The molecule has 0 aliphatic carbocycles. The van der Waals surface area contributed by atoms with E-state index in [1.165, 1.54) is 47.4 Å². The SMILES string of the molecule is CC(Sc1nnc(-c2ccc(F)cc2)n1C)C(=O)Nc1nc(-c2cccc([N+](=O)[O-])c2)cs1. The Kier molecular flexibility index (Phi) is 6.47. The molecule has 1 amide bonds. The average Bonchev–Trinajstić information content (AvgIpc) is 3.41. The molecular formula is C21H17FN6O3S2. The minimum absolute atomic E-state index is 0.0280. The number of aromatic nitrogens is 4. The Labute approximate surface area is 195 Å². The van der Waals surface area contributed by atoms with E-state index < -0.39 is 10.2 Å². The van der Waals surface area contributed by atoms with Gasteiger partial charge in [-0.15, -0.1) is 21.5 Å². The molecule has 4 aromatic rings. The zero-order chi connectivity index (χ0) is 23.5. The Morgan fingerprint density at radius 1 is 1.21 bits per heavy atom. The fraction of sp³-hybridized carbons (Fsp3) is 0.143. The van der Waals surface area contributed by atoms with E-state index in [0.29, 0.717) is 32.9 Å². The van der Waals surface area contributed by atoms with E-state index in [-0.39, 0.29) is 17.4 Å². The first kappa shape index (κ1) is 22.6. The van der Waals surface area contributed by atoms with Crippen LogP contribution in [-0.4, -0.2) is 35.8 Å². The number of thioether (sulfide) groups is 1. The zero-order valence-electron chi connectivity index (χ0n) is 17.4. The van der Waals surface area contributed by atoms with Crippen LogP contribution >= 0.6 is 23.1 Å². The first-order valence-corrected chi connectivity index (χ1v) is 11.4. The Morgan fingerprint density at radius 2 is 1.97 bits per heavy atom. The molecule has 0 saturated carbocycles. The van der Waals surface area contributed by atoms with Crippen molar-refractivity contribution in [1.82, 2.24) is 19.7 Å². The summed E-state index contributed by atoms with van der Waals surface area (Å²) in [5, 5.41) is 24.2. The zero-order valence-corrected chi connectivity index (χ0v) is 19.1. The van der Waals surface area contributed by atoms with Gasteiger partial charge in [-0.3, -0.25) is 14.9 Å². The number of benzene rings is 2. The van der Waals surface area contributed by atoms with E-state index in [0.717, 1.165) is 0 Å². The maximum absolute atomic E-state index is 13.2. The van der Waals surface area contributed by atoms with E-state index in [1.807, 2.05) is 0 Å². The lowest BCUT2D eigenvalue weighted by Crippen LogP contribution is -2.22. The molecule has 0 saturated heterocycles. The number of rotatable bonds is 7. The van der Waals surface area contributed by atoms with Crippen molar-refractivity contribution >= 4 is 39.8 Å². The smallest absolute Gasteiger partial charge is 0.270 e. The molecule has 2 aromatic carbocycles. The number of anilines is 1. The summed E-state index contributed by atoms with van der Waals surface area (Å²) < 4.78 is 14.9. The Morgan fingerprint density at radius 3 is 2.70 bits per heavy atom. The number of hydrogen-bond acceptors (Lipinski definition) is 8. The van der Waals surface area contributed by atoms with E-state index in [4.69, 9.17) is 0 Å². The number of nitro groups is 1. The number of halogens is 1. The second-order valence-electron chi connectivity index (χ2n) is 6.97. The number of carbonyl (C=O) groups excluding carboxylic acids is 1. The predicted octanol–water partition coefficient (Wildman–Crippen LogP) is 4.77. The van der Waals surface area contributed by atoms with Crippen molar-refractivity contribution in [3.8, 4) is 22.6 Å². The molecule has 9 nitrogen and oxygen atoms in total. The van der Waals surface area contributed by atoms with Crippen molar-refractivity contribution in [3.63, 3.8) is 0 Å². The highest BCUT2D eigenvalue weighted by Gasteiger charge is 2.21. The highest BCUT2D eigenvalue weighted by atomic mass is 32.2. The van der Waals surface area contributed by atoms with Crippen LogP contribution in [0.15, 0.2) is 59.1 Å². The van der Waals surface area contributed by atoms with Crippen LogP contribution in [0.2, 0.25) is 0 Å². The first-order chi connectivity index (χ1) is 15.8. The molecule has 12 heteroatoms. The van der Waals surface area contributed by atoms with Crippen LogP contribution < -0.4 is 5.32 Å². The van der Waals surface area contributed by atoms with Crippen molar-refractivity contribution in [1.29, 1.82) is 0 Å². The van der Waals surface area contributed by atoms with Gasteiger partial charge in [0, 0.05) is 35.7 Å². The molecule has 33 heavy (non-hydrogen) atoms. The predicted molar refractivity (Wildman–Crippen MR) is 125 cm³/mol. The van der Waals surface area contributed by atoms with E-state index in [9.17, 15) is 19.3 Å². The number of non-ortho nitro benzene ring substituents is 1. The van der Waals surface area contributed by atoms with Crippen LogP contribution in [0.25, 0.3) is 22.6 Å². The third-order valence-corrected chi connectivity index (χ3v) is 6.57. The molecule has 168 valence electrons. The van der Waals surface area contributed by atoms with Gasteiger partial charge in [-0.25, -0.2) is 9.37 Å². The standard InChI is InChI=1S/C21H17FN6O3S2/c1-12(33-21-26-25-18(27(21)2)13-6-8-15(22)9-7-13)19(29)24-20-23-17(11-32-20)14-4-3-5-16(10-14)28(30)31/h3-12H,1-2H3,(H,23,24,29). The number of nitro benzene ring substituents is 1. The maximum atomic E-state index is 13.2. The minimum atomic E-state index is -0.501. The Bertz CT molecular complexity index is 1320. The maximum Gasteiger partial charge on any atom is 0.270 e. The summed E-state index contributed by atoms with van der Waals surface area (Å²) in [5.74, 6) is -0.0467. The lowest BCUT2D eigenvalue weighted by molar-refractivity contribution is -0.384. The fourth-order valence-corrected chi connectivity index (χ4v) is 4.47. The second kappa shape index (κ2) is 9.46. The molecule has 4 rings (SSSR count). The van der Waals surface area contributed by atoms with Gasteiger partial charge in [0.1, 0.15) is 5.82 Å². The van der Waals surface area contributed by atoms with Gasteiger partial charge in [-0.05, 0) is 31.2 Å². The number of hydrogen-bond donors (Lipinski definition) is 1. The molecule has 1 unspecified atom stereocenters. The van der Waals surface area contributed by atoms with Crippen LogP contribution in [-0.2, 0) is 11.8 Å². The van der Waals surface area contributed by atoms with E-state index in [1.54, 1.807) is 48.2 Å². The van der Waals surface area contributed by atoms with Gasteiger partial charge < -0.3 is 9.88 Å². The molecule has 1 N–H and O–H groups in total. The normalized spacial score (nSPS) is 11.8. The Balaban J connectivity index is 1.42. The summed E-state index contributed by atoms with van der Waals surface area (Å²) in [7, 11) is 1.78. The van der Waals surface area contributed by atoms with Gasteiger partial charge in [-0.1, -0.05) is 23.9 Å². The van der Waals surface area contributed by atoms with Gasteiger partial charge in [0.15, 0.2) is 16.1 Å². The molecular weight excluding hydrogens is 467 g/mol. The van der Waals surface area contributed by atoms with Gasteiger partial charge in [0.2, 0.25) is 5.91 Å². The summed E-state index contributed by atoms with van der Waals surface area (Å²) in [5.41, 5.74) is 1.82. The van der Waals surface area contributed by atoms with Crippen molar-refractivity contribution < 1.29 is 14.1 Å². The lowest BCUT2D eigenvalue weighted by Gasteiger charge is -2.10. The van der Waals surface area contributed by atoms with Crippen molar-refractivity contribution in [2.75, 3.05) is 5.32 Å². The summed E-state index contributed by atoms with van der Waals surface area (Å²) in [6.45, 7) is 1.74. The highest BCUT2D eigenvalue weighted by molar-refractivity contribution is 8.00. The molecule has 0 spiro atoms. The summed E-state index contributed by atoms with van der Waals surface area (Å²) in [6, 6.07) is 12.1. The van der Waals surface area contributed by atoms with Gasteiger partial charge in [0.05, 0.1) is 15.9 Å². The third-order valence-electron chi connectivity index (χ3n) is 4.68. The summed E-state index contributed by atoms with van der Waals surface area (Å²) in [6.07, 6.45) is 0. The molecule has 0 aliphatic heterocycles. The number of carbonyl (C=O) groups is 1. The number of nitrogens with zero attached hydrogens (tertiary/aromatic N) is 5. The average molecular weight is 485 g/mol. The second-order valence-corrected chi connectivity index (χ2v) is 9.13. The van der Waals surface area contributed by atoms with E-state index in [2.05, 4.69) is 20.5 Å². The van der Waals surface area contributed by atoms with Crippen LogP contribution in [0.1, 0.15) is 6.92 Å². The Hall–Kier alpha value is -3.64. The molecule has 0 bridgehead atoms. The molecule has 1 atom stereocenters. The number of thiazole rings is 1. The van der Waals surface area contributed by atoms with Gasteiger partial charge in [-0.2, -0.15) is 0 Å². The quantitative estimate of drug-likeness (QED) is 0.228. The van der Waals surface area contributed by atoms with Gasteiger partial charge >= 0.3 is 0 Å². The molecule has 2 aromatic heterocycles. The molecule has 0 aliphatic rings. The van der Waals surface area contributed by atoms with Crippen molar-refractivity contribution in [2.24, 2.45) is 7.05 Å². The van der Waals surface area contributed by atoms with Gasteiger partial charge in [0.25, 0.3) is 5.69 Å². The molecule has 0 radical (unpaired) electrons. The van der Waals surface area contributed by atoms with Crippen LogP contribution in [0.5, 0.6) is 0 Å². The summed E-state index contributed by atoms with van der Waals surface area (Å²) in [4.78, 5) is 27.6. The molecule has 0 fully saturated rings. The third kappa shape index (κ3) is 5.07. The number of amides is 1. The molecule has 2 heterocycles. The fourth-order valence-electron chi connectivity index (χ4n) is 2.93. The minimum Gasteiger partial charge on any atom is -0.305 e. The van der Waals surface area contributed by atoms with Crippen LogP contribution in [0.3, 0.4) is 0 Å². The first-order valence-electron chi connectivity index (χ1n) is 9.65. The lowest BCUT2D eigenvalue weighted by atomic mass is 10.1. The largest absolute Gasteiger partial charge is 0.305 e. The van der Waals surface area contributed by atoms with Crippen molar-refractivity contribution in [2.45, 2.75) is 17.3 Å². The summed E-state index contributed by atoms with van der Waals surface area (Å²) >= 11 is 2.46. The number of nitrogens with one attached hydrogen (secondary N) is 1.